The molecular formula is C14H17FN2O2S2. The van der Waals surface area contributed by atoms with Crippen LogP contribution in [0.5, 0.6) is 0 Å². The summed E-state index contributed by atoms with van der Waals surface area (Å²) in [6.45, 7) is 4.82. The summed E-state index contributed by atoms with van der Waals surface area (Å²) in [7, 11) is 0. The fourth-order valence-electron chi connectivity index (χ4n) is 1.91. The molecule has 0 spiro atoms. The van der Waals surface area contributed by atoms with Gasteiger partial charge in [-0.25, -0.2) is 9.37 Å². The summed E-state index contributed by atoms with van der Waals surface area (Å²) >= 11 is 2.86. The second-order valence-corrected chi connectivity index (χ2v) is 7.72. The molecule has 4 nitrogen and oxygen atoms in total. The van der Waals surface area contributed by atoms with Crippen LogP contribution < -0.4 is 0 Å². The van der Waals surface area contributed by atoms with E-state index < -0.39 is 5.97 Å². The minimum atomic E-state index is -0.895. The molecule has 21 heavy (non-hydrogen) atoms. The smallest absolute Gasteiger partial charge is 0.313 e. The maximum absolute atomic E-state index is 13.5. The van der Waals surface area contributed by atoms with Gasteiger partial charge in [-0.3, -0.25) is 4.79 Å². The molecule has 0 radical (unpaired) electrons. The quantitative estimate of drug-likeness (QED) is 0.823. The second-order valence-electron chi connectivity index (χ2n) is 5.26. The molecule has 114 valence electrons. The zero-order valence-corrected chi connectivity index (χ0v) is 13.7. The molecule has 0 amide bonds. The number of nitrogens with zero attached hydrogens (tertiary/aromatic N) is 2. The molecule has 2 rings (SSSR count). The van der Waals surface area contributed by atoms with Crippen molar-refractivity contribution in [3.05, 3.63) is 24.0 Å². The summed E-state index contributed by atoms with van der Waals surface area (Å²) < 4.78 is 15.4. The van der Waals surface area contributed by atoms with Gasteiger partial charge in [0.2, 0.25) is 0 Å². The molecule has 0 atom stereocenters. The largest absolute Gasteiger partial charge is 0.481 e. The standard InChI is InChI=1S/C14H17FN2O2S2/c1-14(2,20-3)8-17-11-6-9(15)4-5-10(11)16-13(17)21-7-12(18)19/h4-6H,7-8H2,1-3H3,(H,18,19). The number of aromatic nitrogens is 2. The van der Waals surface area contributed by atoms with Crippen LogP contribution in [0, 0.1) is 5.82 Å². The van der Waals surface area contributed by atoms with Crippen LogP contribution in [-0.4, -0.2) is 37.4 Å². The third-order valence-corrected chi connectivity index (χ3v) is 5.29. The Balaban J connectivity index is 2.47. The Kier molecular flexibility index (Phi) is 4.83. The minimum Gasteiger partial charge on any atom is -0.481 e. The van der Waals surface area contributed by atoms with E-state index in [1.54, 1.807) is 17.8 Å². The lowest BCUT2D eigenvalue weighted by Crippen LogP contribution is -2.23. The van der Waals surface area contributed by atoms with Gasteiger partial charge in [-0.15, -0.1) is 0 Å². The van der Waals surface area contributed by atoms with E-state index >= 15 is 0 Å². The number of halogens is 1. The number of carboxylic acid groups (broad SMARTS) is 1. The van der Waals surface area contributed by atoms with Crippen LogP contribution in [0.2, 0.25) is 0 Å². The molecule has 1 aromatic heterocycles. The maximum Gasteiger partial charge on any atom is 0.313 e. The highest BCUT2D eigenvalue weighted by atomic mass is 32.2. The zero-order valence-electron chi connectivity index (χ0n) is 12.1. The van der Waals surface area contributed by atoms with Gasteiger partial charge in [-0.05, 0) is 38.3 Å². The number of imidazole rings is 1. The van der Waals surface area contributed by atoms with Crippen molar-refractivity contribution in [1.29, 1.82) is 0 Å². The first-order chi connectivity index (χ1) is 9.82. The van der Waals surface area contributed by atoms with Crippen LogP contribution >= 0.6 is 23.5 Å². The first kappa shape index (κ1) is 16.2. The lowest BCUT2D eigenvalue weighted by Gasteiger charge is -2.24. The molecule has 1 heterocycles. The van der Waals surface area contributed by atoms with Crippen molar-refractivity contribution in [2.45, 2.75) is 30.3 Å². The normalized spacial score (nSPS) is 12.0. The third-order valence-electron chi connectivity index (χ3n) is 3.09. The topological polar surface area (TPSA) is 55.1 Å². The molecule has 7 heteroatoms. The summed E-state index contributed by atoms with van der Waals surface area (Å²) in [6.07, 6.45) is 2.02. The Bertz CT molecular complexity index is 670. The molecule has 0 fully saturated rings. The highest BCUT2D eigenvalue weighted by Gasteiger charge is 2.22. The Hall–Kier alpha value is -1.21. The molecule has 0 aliphatic rings. The van der Waals surface area contributed by atoms with Crippen molar-refractivity contribution in [3.63, 3.8) is 0 Å². The first-order valence-electron chi connectivity index (χ1n) is 6.38. The Morgan fingerprint density at radius 1 is 1.48 bits per heavy atom. The average Bonchev–Trinajstić information content (AvgIpc) is 2.74. The number of carbonyl (C=O) groups is 1. The molecule has 0 aliphatic carbocycles. The van der Waals surface area contributed by atoms with Gasteiger partial charge in [0.15, 0.2) is 5.16 Å². The van der Waals surface area contributed by atoms with Crippen molar-refractivity contribution >= 4 is 40.5 Å². The monoisotopic (exact) mass is 328 g/mol. The van der Waals surface area contributed by atoms with Gasteiger partial charge >= 0.3 is 5.97 Å². The van der Waals surface area contributed by atoms with E-state index in [0.29, 0.717) is 22.7 Å². The molecular weight excluding hydrogens is 311 g/mol. The third kappa shape index (κ3) is 3.91. The lowest BCUT2D eigenvalue weighted by atomic mass is 10.2. The van der Waals surface area contributed by atoms with Crippen LogP contribution in [0.25, 0.3) is 11.0 Å². The van der Waals surface area contributed by atoms with Crippen LogP contribution in [0.1, 0.15) is 13.8 Å². The van der Waals surface area contributed by atoms with Gasteiger partial charge in [0.05, 0.1) is 16.8 Å². The van der Waals surface area contributed by atoms with E-state index in [1.165, 1.54) is 12.1 Å². The second kappa shape index (κ2) is 6.27. The lowest BCUT2D eigenvalue weighted by molar-refractivity contribution is -0.133. The number of rotatable bonds is 6. The molecule has 0 bridgehead atoms. The molecule has 0 saturated carbocycles. The van der Waals surface area contributed by atoms with Crippen LogP contribution in [0.15, 0.2) is 23.4 Å². The SMILES string of the molecule is CSC(C)(C)Cn1c(SCC(=O)O)nc2ccc(F)cc21. The van der Waals surface area contributed by atoms with Crippen LogP contribution in [-0.2, 0) is 11.3 Å². The predicted octanol–water partition coefficient (Wildman–Crippen LogP) is 3.49. The Morgan fingerprint density at radius 2 is 2.19 bits per heavy atom. The molecule has 2 aromatic rings. The molecule has 1 N–H and O–H groups in total. The Labute approximate surface area is 131 Å². The highest BCUT2D eigenvalue weighted by molar-refractivity contribution is 8.00. The minimum absolute atomic E-state index is 0.0571. The van der Waals surface area contributed by atoms with Crippen molar-refractivity contribution in [2.24, 2.45) is 0 Å². The number of carboxylic acids is 1. The maximum atomic E-state index is 13.5. The number of aliphatic carboxylic acids is 1. The summed E-state index contributed by atoms with van der Waals surface area (Å²) in [4.78, 5) is 15.2. The van der Waals surface area contributed by atoms with Gasteiger partial charge in [0.25, 0.3) is 0 Å². The predicted molar refractivity (Wildman–Crippen MR) is 85.6 cm³/mol. The molecule has 0 saturated heterocycles. The summed E-state index contributed by atoms with van der Waals surface area (Å²) in [6, 6.07) is 4.44. The van der Waals surface area contributed by atoms with E-state index in [2.05, 4.69) is 18.8 Å². The van der Waals surface area contributed by atoms with Crippen molar-refractivity contribution < 1.29 is 14.3 Å². The summed E-state index contributed by atoms with van der Waals surface area (Å²) in [5, 5.41) is 9.45. The van der Waals surface area contributed by atoms with E-state index in [-0.39, 0.29) is 16.3 Å². The zero-order chi connectivity index (χ0) is 15.6. The van der Waals surface area contributed by atoms with Crippen molar-refractivity contribution in [2.75, 3.05) is 12.0 Å². The van der Waals surface area contributed by atoms with Gasteiger partial charge in [-0.1, -0.05) is 11.8 Å². The van der Waals surface area contributed by atoms with Crippen LogP contribution in [0.4, 0.5) is 4.39 Å². The molecule has 1 aromatic carbocycles. The fraction of sp³-hybridized carbons (Fsp3) is 0.429. The molecule has 0 aliphatic heterocycles. The number of hydrogen-bond donors (Lipinski definition) is 1. The summed E-state index contributed by atoms with van der Waals surface area (Å²) in [5.41, 5.74) is 1.38. The van der Waals surface area contributed by atoms with E-state index in [9.17, 15) is 9.18 Å². The Morgan fingerprint density at radius 3 is 2.81 bits per heavy atom. The van der Waals surface area contributed by atoms with Gasteiger partial charge in [0.1, 0.15) is 5.82 Å². The van der Waals surface area contributed by atoms with Gasteiger partial charge in [-0.2, -0.15) is 11.8 Å². The van der Waals surface area contributed by atoms with E-state index in [1.807, 2.05) is 10.8 Å². The number of fused-ring (bicyclic) bond motifs is 1. The highest BCUT2D eigenvalue weighted by Crippen LogP contribution is 2.30. The van der Waals surface area contributed by atoms with Gasteiger partial charge < -0.3 is 9.67 Å². The van der Waals surface area contributed by atoms with E-state index in [0.717, 1.165) is 11.8 Å². The molecule has 0 unspecified atom stereocenters. The fourth-order valence-corrected chi connectivity index (χ4v) is 2.90. The number of benzene rings is 1. The number of thioether (sulfide) groups is 2. The summed E-state index contributed by atoms with van der Waals surface area (Å²) in [5.74, 6) is -1.28. The van der Waals surface area contributed by atoms with Crippen molar-refractivity contribution in [3.8, 4) is 0 Å². The van der Waals surface area contributed by atoms with Crippen molar-refractivity contribution in [1.82, 2.24) is 9.55 Å². The first-order valence-corrected chi connectivity index (χ1v) is 8.59. The van der Waals surface area contributed by atoms with Gasteiger partial charge in [0, 0.05) is 11.3 Å². The van der Waals surface area contributed by atoms with E-state index in [4.69, 9.17) is 5.11 Å². The number of hydrogen-bond acceptors (Lipinski definition) is 4. The van der Waals surface area contributed by atoms with Crippen LogP contribution in [0.3, 0.4) is 0 Å². The average molecular weight is 328 g/mol.